The van der Waals surface area contributed by atoms with Gasteiger partial charge in [0.1, 0.15) is 12.1 Å². The number of aliphatic carboxylic acids is 2. The molecule has 1 heterocycles. The predicted molar refractivity (Wildman–Crippen MR) is 83.1 cm³/mol. The van der Waals surface area contributed by atoms with Gasteiger partial charge in [-0.3, -0.25) is 14.4 Å². The Kier molecular flexibility index (Phi) is 5.80. The van der Waals surface area contributed by atoms with Crippen LogP contribution in [0.25, 0.3) is 0 Å². The average Bonchev–Trinajstić information content (AvgIpc) is 3.03. The Balaban J connectivity index is 1.98. The van der Waals surface area contributed by atoms with Crippen molar-refractivity contribution < 1.29 is 29.4 Å². The van der Waals surface area contributed by atoms with Gasteiger partial charge in [0, 0.05) is 6.54 Å². The summed E-state index contributed by atoms with van der Waals surface area (Å²) in [6.07, 6.45) is 3.55. The number of rotatable bonds is 5. The highest BCUT2D eigenvalue weighted by Gasteiger charge is 2.39. The van der Waals surface area contributed by atoms with E-state index in [0.29, 0.717) is 32.2 Å². The Labute approximate surface area is 140 Å². The number of carbonyl (C=O) groups is 4. The van der Waals surface area contributed by atoms with Crippen LogP contribution in [0.4, 0.5) is 0 Å². The number of carboxylic acid groups (broad SMARTS) is 2. The lowest BCUT2D eigenvalue weighted by Gasteiger charge is -2.30. The summed E-state index contributed by atoms with van der Waals surface area (Å²) in [7, 11) is 0. The van der Waals surface area contributed by atoms with Gasteiger partial charge in [-0.15, -0.1) is 0 Å². The lowest BCUT2D eigenvalue weighted by molar-refractivity contribution is -0.151. The van der Waals surface area contributed by atoms with Crippen LogP contribution in [0.5, 0.6) is 0 Å². The molecule has 1 saturated heterocycles. The minimum atomic E-state index is -1.04. The van der Waals surface area contributed by atoms with Crippen LogP contribution in [0.1, 0.15) is 45.4 Å². The van der Waals surface area contributed by atoms with Crippen molar-refractivity contribution in [3.8, 4) is 0 Å². The van der Waals surface area contributed by atoms with Crippen molar-refractivity contribution in [1.82, 2.24) is 10.2 Å². The standard InChI is InChI=1S/C16H24N2O6/c1-9(14(20)18-8-4-7-12(18)16(23)24)17-13(19)10-5-2-3-6-11(10)15(21)22/h9-12H,2-8H2,1H3,(H,17,19)(H,21,22)(H,23,24). The zero-order valence-corrected chi connectivity index (χ0v) is 13.7. The molecule has 24 heavy (non-hydrogen) atoms. The summed E-state index contributed by atoms with van der Waals surface area (Å²) in [4.78, 5) is 48.6. The molecule has 8 heteroatoms. The number of carbonyl (C=O) groups excluding carboxylic acids is 2. The first-order chi connectivity index (χ1) is 11.3. The van der Waals surface area contributed by atoms with Gasteiger partial charge >= 0.3 is 11.9 Å². The summed E-state index contributed by atoms with van der Waals surface area (Å²) in [6.45, 7) is 1.87. The van der Waals surface area contributed by atoms with E-state index >= 15 is 0 Å². The third-order valence-corrected chi connectivity index (χ3v) is 4.97. The smallest absolute Gasteiger partial charge is 0.326 e. The van der Waals surface area contributed by atoms with Crippen molar-refractivity contribution in [1.29, 1.82) is 0 Å². The Bertz CT molecular complexity index is 535. The van der Waals surface area contributed by atoms with Crippen LogP contribution in [0.3, 0.4) is 0 Å². The summed E-state index contributed by atoms with van der Waals surface area (Å²) in [5.74, 6) is -4.26. The quantitative estimate of drug-likeness (QED) is 0.668. The molecule has 1 saturated carbocycles. The van der Waals surface area contributed by atoms with Gasteiger partial charge in [0.25, 0.3) is 0 Å². The molecule has 134 valence electrons. The second kappa shape index (κ2) is 7.63. The van der Waals surface area contributed by atoms with E-state index in [2.05, 4.69) is 5.32 Å². The summed E-state index contributed by atoms with van der Waals surface area (Å²) in [5, 5.41) is 21.0. The number of carboxylic acids is 2. The maximum Gasteiger partial charge on any atom is 0.326 e. The number of amides is 2. The molecule has 3 N–H and O–H groups in total. The van der Waals surface area contributed by atoms with E-state index in [9.17, 15) is 24.3 Å². The highest BCUT2D eigenvalue weighted by molar-refractivity contribution is 5.92. The van der Waals surface area contributed by atoms with Crippen molar-refractivity contribution in [2.45, 2.75) is 57.5 Å². The lowest BCUT2D eigenvalue weighted by atomic mass is 9.78. The van der Waals surface area contributed by atoms with Crippen LogP contribution in [0.2, 0.25) is 0 Å². The van der Waals surface area contributed by atoms with Gasteiger partial charge in [0.05, 0.1) is 11.8 Å². The summed E-state index contributed by atoms with van der Waals surface area (Å²) >= 11 is 0. The van der Waals surface area contributed by atoms with Crippen LogP contribution in [0.15, 0.2) is 0 Å². The third kappa shape index (κ3) is 3.85. The molecule has 0 spiro atoms. The van der Waals surface area contributed by atoms with Crippen molar-refractivity contribution in [3.05, 3.63) is 0 Å². The van der Waals surface area contributed by atoms with E-state index < -0.39 is 47.7 Å². The molecule has 0 radical (unpaired) electrons. The molecular formula is C16H24N2O6. The minimum absolute atomic E-state index is 0.358. The Hall–Kier alpha value is -2.12. The molecule has 0 bridgehead atoms. The van der Waals surface area contributed by atoms with Crippen molar-refractivity contribution >= 4 is 23.8 Å². The van der Waals surface area contributed by atoms with Crippen LogP contribution < -0.4 is 5.32 Å². The monoisotopic (exact) mass is 340 g/mol. The highest BCUT2D eigenvalue weighted by atomic mass is 16.4. The summed E-state index contributed by atoms with van der Waals surface area (Å²) < 4.78 is 0. The van der Waals surface area contributed by atoms with Crippen LogP contribution in [-0.2, 0) is 19.2 Å². The molecule has 0 aromatic carbocycles. The lowest BCUT2D eigenvalue weighted by Crippen LogP contribution is -2.52. The van der Waals surface area contributed by atoms with Gasteiger partial charge < -0.3 is 20.4 Å². The fourth-order valence-electron chi connectivity index (χ4n) is 3.66. The first kappa shape index (κ1) is 18.2. The van der Waals surface area contributed by atoms with Gasteiger partial charge in [-0.1, -0.05) is 12.8 Å². The normalized spacial score (nSPS) is 28.2. The second-order valence-corrected chi connectivity index (χ2v) is 6.59. The van der Waals surface area contributed by atoms with E-state index in [1.165, 1.54) is 11.8 Å². The fourth-order valence-corrected chi connectivity index (χ4v) is 3.66. The van der Waals surface area contributed by atoms with E-state index in [1.807, 2.05) is 0 Å². The van der Waals surface area contributed by atoms with E-state index in [1.54, 1.807) is 0 Å². The summed E-state index contributed by atoms with van der Waals surface area (Å²) in [6, 6.07) is -1.72. The first-order valence-corrected chi connectivity index (χ1v) is 8.39. The molecule has 2 rings (SSSR count). The number of nitrogens with zero attached hydrogens (tertiary/aromatic N) is 1. The van der Waals surface area contributed by atoms with Crippen LogP contribution >= 0.6 is 0 Å². The molecule has 2 aliphatic rings. The van der Waals surface area contributed by atoms with E-state index in [4.69, 9.17) is 5.11 Å². The Morgan fingerprint density at radius 2 is 1.58 bits per heavy atom. The molecule has 0 aromatic rings. The van der Waals surface area contributed by atoms with Crippen LogP contribution in [0, 0.1) is 11.8 Å². The van der Waals surface area contributed by atoms with Gasteiger partial charge in [-0.2, -0.15) is 0 Å². The predicted octanol–water partition coefficient (Wildman–Crippen LogP) is 0.458. The largest absolute Gasteiger partial charge is 0.481 e. The second-order valence-electron chi connectivity index (χ2n) is 6.59. The molecule has 2 amide bonds. The zero-order valence-electron chi connectivity index (χ0n) is 13.7. The van der Waals surface area contributed by atoms with E-state index in [0.717, 1.165) is 12.8 Å². The average molecular weight is 340 g/mol. The van der Waals surface area contributed by atoms with Crippen molar-refractivity contribution in [2.75, 3.05) is 6.54 Å². The van der Waals surface area contributed by atoms with Gasteiger partial charge in [0.2, 0.25) is 11.8 Å². The number of hydrogen-bond donors (Lipinski definition) is 3. The van der Waals surface area contributed by atoms with E-state index in [-0.39, 0.29) is 0 Å². The maximum atomic E-state index is 12.4. The first-order valence-electron chi connectivity index (χ1n) is 8.39. The van der Waals surface area contributed by atoms with Crippen molar-refractivity contribution in [3.63, 3.8) is 0 Å². The molecule has 2 fully saturated rings. The highest BCUT2D eigenvalue weighted by Crippen LogP contribution is 2.30. The third-order valence-electron chi connectivity index (χ3n) is 4.97. The van der Waals surface area contributed by atoms with Crippen molar-refractivity contribution in [2.24, 2.45) is 11.8 Å². The number of nitrogens with one attached hydrogen (secondary N) is 1. The SMILES string of the molecule is CC(NC(=O)C1CCCCC1C(=O)O)C(=O)N1CCCC1C(=O)O. The Morgan fingerprint density at radius 1 is 0.958 bits per heavy atom. The summed E-state index contributed by atoms with van der Waals surface area (Å²) in [5.41, 5.74) is 0. The van der Waals surface area contributed by atoms with Crippen LogP contribution in [-0.4, -0.2) is 57.5 Å². The van der Waals surface area contributed by atoms with Gasteiger partial charge in [-0.25, -0.2) is 4.79 Å². The molecule has 0 aromatic heterocycles. The molecule has 4 unspecified atom stereocenters. The number of hydrogen-bond acceptors (Lipinski definition) is 4. The molecule has 1 aliphatic carbocycles. The zero-order chi connectivity index (χ0) is 17.9. The van der Waals surface area contributed by atoms with Gasteiger partial charge in [0.15, 0.2) is 0 Å². The maximum absolute atomic E-state index is 12.4. The topological polar surface area (TPSA) is 124 Å². The van der Waals surface area contributed by atoms with Gasteiger partial charge in [-0.05, 0) is 32.6 Å². The molecule has 4 atom stereocenters. The molecule has 1 aliphatic heterocycles. The molecule has 8 nitrogen and oxygen atoms in total. The fraction of sp³-hybridized carbons (Fsp3) is 0.750. The minimum Gasteiger partial charge on any atom is -0.481 e. The number of likely N-dealkylation sites (tertiary alicyclic amines) is 1. The Morgan fingerprint density at radius 3 is 2.17 bits per heavy atom. The molecular weight excluding hydrogens is 316 g/mol.